The van der Waals surface area contributed by atoms with Crippen molar-refractivity contribution in [2.24, 2.45) is 0 Å². The number of nitrogens with one attached hydrogen (secondary N) is 2. The van der Waals surface area contributed by atoms with Gasteiger partial charge in [-0.3, -0.25) is 4.79 Å². The minimum absolute atomic E-state index is 0.0282. The molecule has 0 saturated heterocycles. The van der Waals surface area contributed by atoms with Crippen LogP contribution in [-0.2, 0) is 21.2 Å². The molecule has 0 unspecified atom stereocenters. The molecule has 1 aliphatic carbocycles. The van der Waals surface area contributed by atoms with Gasteiger partial charge in [0, 0.05) is 12.6 Å². The zero-order chi connectivity index (χ0) is 19.8. The highest BCUT2D eigenvalue weighted by atomic mass is 32.2. The van der Waals surface area contributed by atoms with Gasteiger partial charge in [-0.2, -0.15) is 0 Å². The molecule has 0 radical (unpaired) electrons. The Balaban J connectivity index is 1.43. The Bertz CT molecular complexity index is 861. The van der Waals surface area contributed by atoms with Crippen LogP contribution in [-0.4, -0.2) is 33.5 Å². The molecule has 0 spiro atoms. The van der Waals surface area contributed by atoms with Crippen molar-refractivity contribution in [3.05, 3.63) is 60.2 Å². The first kappa shape index (κ1) is 20.4. The standard InChI is InChI=1S/C21H26N2O4S/c24-21(22-15-14-17-6-2-1-3-7-17)16-27-19-10-12-20(13-11-19)28(25,26)23-18-8-4-5-9-18/h1-3,6-7,10-13,18,23H,4-5,8-9,14-16H2,(H,22,24). The zero-order valence-corrected chi connectivity index (χ0v) is 16.6. The maximum absolute atomic E-state index is 12.4. The van der Waals surface area contributed by atoms with E-state index >= 15 is 0 Å². The van der Waals surface area contributed by atoms with Gasteiger partial charge in [0.05, 0.1) is 4.90 Å². The molecule has 7 heteroatoms. The Morgan fingerprint density at radius 2 is 1.68 bits per heavy atom. The molecular weight excluding hydrogens is 376 g/mol. The van der Waals surface area contributed by atoms with E-state index in [1.54, 1.807) is 12.1 Å². The van der Waals surface area contributed by atoms with Gasteiger partial charge in [-0.15, -0.1) is 0 Å². The highest BCUT2D eigenvalue weighted by Gasteiger charge is 2.22. The van der Waals surface area contributed by atoms with E-state index in [2.05, 4.69) is 10.0 Å². The number of hydrogen-bond donors (Lipinski definition) is 2. The maximum atomic E-state index is 12.4. The predicted molar refractivity (Wildman–Crippen MR) is 108 cm³/mol. The summed E-state index contributed by atoms with van der Waals surface area (Å²) in [5.41, 5.74) is 1.16. The summed E-state index contributed by atoms with van der Waals surface area (Å²) >= 11 is 0. The summed E-state index contributed by atoms with van der Waals surface area (Å²) in [6.07, 6.45) is 4.66. The van der Waals surface area contributed by atoms with Crippen LogP contribution in [0.3, 0.4) is 0 Å². The number of rotatable bonds is 9. The smallest absolute Gasteiger partial charge is 0.257 e. The van der Waals surface area contributed by atoms with Crippen molar-refractivity contribution in [1.29, 1.82) is 0 Å². The van der Waals surface area contributed by atoms with Gasteiger partial charge in [-0.25, -0.2) is 13.1 Å². The van der Waals surface area contributed by atoms with E-state index in [0.717, 1.165) is 37.7 Å². The third-order valence-corrected chi connectivity index (χ3v) is 6.30. The molecule has 1 aliphatic rings. The molecule has 0 heterocycles. The van der Waals surface area contributed by atoms with Crippen molar-refractivity contribution >= 4 is 15.9 Å². The minimum Gasteiger partial charge on any atom is -0.484 e. The van der Waals surface area contributed by atoms with E-state index in [9.17, 15) is 13.2 Å². The fourth-order valence-corrected chi connectivity index (χ4v) is 4.54. The molecular formula is C21H26N2O4S. The quantitative estimate of drug-likeness (QED) is 0.675. The van der Waals surface area contributed by atoms with E-state index in [4.69, 9.17) is 4.74 Å². The molecule has 0 aliphatic heterocycles. The SMILES string of the molecule is O=C(COc1ccc(S(=O)(=O)NC2CCCC2)cc1)NCCc1ccccc1. The molecule has 2 aromatic rings. The normalized spacial score (nSPS) is 14.7. The van der Waals surface area contributed by atoms with Gasteiger partial charge in [0.2, 0.25) is 10.0 Å². The van der Waals surface area contributed by atoms with Crippen LogP contribution in [0.1, 0.15) is 31.2 Å². The van der Waals surface area contributed by atoms with Crippen LogP contribution in [0, 0.1) is 0 Å². The number of carbonyl (C=O) groups excluding carboxylic acids is 1. The van der Waals surface area contributed by atoms with Crippen molar-refractivity contribution in [2.75, 3.05) is 13.2 Å². The number of carbonyl (C=O) groups is 1. The lowest BCUT2D eigenvalue weighted by Gasteiger charge is -2.13. The van der Waals surface area contributed by atoms with Crippen LogP contribution in [0.15, 0.2) is 59.5 Å². The molecule has 1 amide bonds. The lowest BCUT2D eigenvalue weighted by Crippen LogP contribution is -2.32. The van der Waals surface area contributed by atoms with Crippen LogP contribution < -0.4 is 14.8 Å². The Morgan fingerprint density at radius 3 is 2.36 bits per heavy atom. The second-order valence-corrected chi connectivity index (χ2v) is 8.66. The summed E-state index contributed by atoms with van der Waals surface area (Å²) < 4.78 is 33.0. The van der Waals surface area contributed by atoms with Crippen molar-refractivity contribution in [3.8, 4) is 5.75 Å². The lowest BCUT2D eigenvalue weighted by molar-refractivity contribution is -0.123. The van der Waals surface area contributed by atoms with Crippen molar-refractivity contribution < 1.29 is 17.9 Å². The molecule has 1 fully saturated rings. The van der Waals surface area contributed by atoms with Gasteiger partial charge in [0.15, 0.2) is 6.61 Å². The highest BCUT2D eigenvalue weighted by molar-refractivity contribution is 7.89. The lowest BCUT2D eigenvalue weighted by atomic mass is 10.1. The fourth-order valence-electron chi connectivity index (χ4n) is 3.24. The summed E-state index contributed by atoms with van der Waals surface area (Å²) in [5.74, 6) is 0.244. The van der Waals surface area contributed by atoms with E-state index in [1.807, 2.05) is 30.3 Å². The highest BCUT2D eigenvalue weighted by Crippen LogP contribution is 2.21. The fraction of sp³-hybridized carbons (Fsp3) is 0.381. The number of amides is 1. The zero-order valence-electron chi connectivity index (χ0n) is 15.8. The topological polar surface area (TPSA) is 84.5 Å². The Labute approximate surface area is 166 Å². The van der Waals surface area contributed by atoms with Gasteiger partial charge < -0.3 is 10.1 Å². The predicted octanol–water partition coefficient (Wildman–Crippen LogP) is 2.65. The van der Waals surface area contributed by atoms with Gasteiger partial charge in [0.1, 0.15) is 5.75 Å². The summed E-state index contributed by atoms with van der Waals surface area (Å²) in [6.45, 7) is 0.428. The minimum atomic E-state index is -3.51. The van der Waals surface area contributed by atoms with E-state index in [1.165, 1.54) is 12.1 Å². The first-order valence-electron chi connectivity index (χ1n) is 9.59. The summed E-state index contributed by atoms with van der Waals surface area (Å²) in [6, 6.07) is 16.1. The molecule has 0 aromatic heterocycles. The van der Waals surface area contributed by atoms with E-state index in [-0.39, 0.29) is 23.5 Å². The molecule has 1 saturated carbocycles. The Kier molecular flexibility index (Phi) is 7.06. The first-order chi connectivity index (χ1) is 13.5. The van der Waals surface area contributed by atoms with Crippen molar-refractivity contribution in [3.63, 3.8) is 0 Å². The third kappa shape index (κ3) is 6.07. The van der Waals surface area contributed by atoms with Crippen molar-refractivity contribution in [2.45, 2.75) is 43.0 Å². The van der Waals surface area contributed by atoms with Crippen molar-refractivity contribution in [1.82, 2.24) is 10.0 Å². The van der Waals surface area contributed by atoms with Crippen LogP contribution >= 0.6 is 0 Å². The third-order valence-electron chi connectivity index (χ3n) is 4.76. The maximum Gasteiger partial charge on any atom is 0.257 e. The van der Waals surface area contributed by atoms with Crippen LogP contribution in [0.2, 0.25) is 0 Å². The Hall–Kier alpha value is -2.38. The van der Waals surface area contributed by atoms with E-state index in [0.29, 0.717) is 12.3 Å². The number of sulfonamides is 1. The molecule has 6 nitrogen and oxygen atoms in total. The molecule has 3 rings (SSSR count). The number of ether oxygens (including phenoxy) is 1. The van der Waals surface area contributed by atoms with Gasteiger partial charge in [0.25, 0.3) is 5.91 Å². The molecule has 150 valence electrons. The molecule has 2 aromatic carbocycles. The molecule has 0 bridgehead atoms. The second kappa shape index (κ2) is 9.71. The monoisotopic (exact) mass is 402 g/mol. The van der Waals surface area contributed by atoms with E-state index < -0.39 is 10.0 Å². The van der Waals surface area contributed by atoms with Crippen LogP contribution in [0.25, 0.3) is 0 Å². The van der Waals surface area contributed by atoms with Crippen LogP contribution in [0.5, 0.6) is 5.75 Å². The van der Waals surface area contributed by atoms with Gasteiger partial charge >= 0.3 is 0 Å². The average Bonchev–Trinajstić information content (AvgIpc) is 3.20. The number of benzene rings is 2. The van der Waals surface area contributed by atoms with Gasteiger partial charge in [-0.05, 0) is 49.1 Å². The summed E-state index contributed by atoms with van der Waals surface area (Å²) in [7, 11) is -3.51. The molecule has 28 heavy (non-hydrogen) atoms. The first-order valence-corrected chi connectivity index (χ1v) is 11.1. The number of hydrogen-bond acceptors (Lipinski definition) is 4. The Morgan fingerprint density at radius 1 is 1.00 bits per heavy atom. The summed E-state index contributed by atoms with van der Waals surface area (Å²) in [5, 5.41) is 2.81. The summed E-state index contributed by atoms with van der Waals surface area (Å²) in [4.78, 5) is 12.1. The second-order valence-electron chi connectivity index (χ2n) is 6.95. The molecule has 0 atom stereocenters. The van der Waals surface area contributed by atoms with Gasteiger partial charge in [-0.1, -0.05) is 43.2 Å². The molecule has 2 N–H and O–H groups in total. The largest absolute Gasteiger partial charge is 0.484 e. The van der Waals surface area contributed by atoms with Crippen LogP contribution in [0.4, 0.5) is 0 Å². The average molecular weight is 403 g/mol.